The highest BCUT2D eigenvalue weighted by Crippen LogP contribution is 2.46. The monoisotopic (exact) mass is 280 g/mol. The smallest absolute Gasteiger partial charge is 0.0249 e. The summed E-state index contributed by atoms with van der Waals surface area (Å²) in [4.78, 5) is 0. The van der Waals surface area contributed by atoms with Crippen LogP contribution in [-0.4, -0.2) is 0 Å². The van der Waals surface area contributed by atoms with Crippen LogP contribution in [0, 0.1) is 17.3 Å². The molecule has 0 aromatic heterocycles. The predicted octanol–water partition coefficient (Wildman–Crippen LogP) is 7.37. The molecular formula is C20H40. The summed E-state index contributed by atoms with van der Waals surface area (Å²) in [7, 11) is 0. The van der Waals surface area contributed by atoms with Gasteiger partial charge in [-0.15, -0.1) is 0 Å². The van der Waals surface area contributed by atoms with Gasteiger partial charge in [-0.25, -0.2) is 0 Å². The second kappa shape index (κ2) is 9.85. The van der Waals surface area contributed by atoms with Crippen molar-refractivity contribution in [2.75, 3.05) is 0 Å². The molecule has 0 spiro atoms. The number of hydrogen-bond acceptors (Lipinski definition) is 0. The van der Waals surface area contributed by atoms with Crippen LogP contribution < -0.4 is 0 Å². The zero-order chi connectivity index (χ0) is 14.8. The third-order valence-electron chi connectivity index (χ3n) is 6.28. The molecule has 0 radical (unpaired) electrons. The Bertz CT molecular complexity index is 214. The topological polar surface area (TPSA) is 0 Å². The van der Waals surface area contributed by atoms with Crippen molar-refractivity contribution in [1.82, 2.24) is 0 Å². The number of rotatable bonds is 3. The predicted molar refractivity (Wildman–Crippen MR) is 92.1 cm³/mol. The second-order valence-corrected chi connectivity index (χ2v) is 7.73. The molecule has 1 unspecified atom stereocenters. The lowest BCUT2D eigenvalue weighted by molar-refractivity contribution is 0.0650. The molecule has 0 nitrogen and oxygen atoms in total. The highest BCUT2D eigenvalue weighted by Gasteiger charge is 2.36. The highest BCUT2D eigenvalue weighted by atomic mass is 14.4. The Hall–Kier alpha value is 0. The van der Waals surface area contributed by atoms with Gasteiger partial charge >= 0.3 is 0 Å². The minimum atomic E-state index is 0.628. The van der Waals surface area contributed by atoms with Gasteiger partial charge in [0, 0.05) is 0 Å². The van der Waals surface area contributed by atoms with Gasteiger partial charge in [0.25, 0.3) is 0 Å². The summed E-state index contributed by atoms with van der Waals surface area (Å²) in [6.45, 7) is 9.91. The molecular weight excluding hydrogens is 240 g/mol. The first-order valence-electron chi connectivity index (χ1n) is 9.63. The summed E-state index contributed by atoms with van der Waals surface area (Å²) in [5, 5.41) is 0. The molecule has 1 rings (SSSR count). The highest BCUT2D eigenvalue weighted by molar-refractivity contribution is 4.87. The molecule has 0 heterocycles. The van der Waals surface area contributed by atoms with E-state index in [1.54, 1.807) is 0 Å². The van der Waals surface area contributed by atoms with E-state index in [4.69, 9.17) is 0 Å². The van der Waals surface area contributed by atoms with Gasteiger partial charge in [-0.05, 0) is 30.1 Å². The van der Waals surface area contributed by atoms with Gasteiger partial charge in [0.2, 0.25) is 0 Å². The first-order chi connectivity index (χ1) is 9.63. The van der Waals surface area contributed by atoms with E-state index < -0.39 is 0 Å². The van der Waals surface area contributed by atoms with Crippen LogP contribution in [-0.2, 0) is 0 Å². The average Bonchev–Trinajstić information content (AvgIpc) is 2.46. The minimum absolute atomic E-state index is 0.628. The van der Waals surface area contributed by atoms with E-state index in [1.165, 1.54) is 83.5 Å². The van der Waals surface area contributed by atoms with Crippen LogP contribution in [0.1, 0.15) is 111 Å². The third-order valence-corrected chi connectivity index (χ3v) is 6.28. The van der Waals surface area contributed by atoms with Crippen molar-refractivity contribution < 1.29 is 0 Å². The Morgan fingerprint density at radius 2 is 1.00 bits per heavy atom. The molecule has 1 atom stereocenters. The summed E-state index contributed by atoms with van der Waals surface area (Å²) in [6.07, 6.45) is 19.1. The zero-order valence-corrected chi connectivity index (χ0v) is 14.8. The molecule has 0 aromatic rings. The molecule has 0 saturated heterocycles. The van der Waals surface area contributed by atoms with E-state index in [1.807, 2.05) is 0 Å². The fourth-order valence-corrected chi connectivity index (χ4v) is 4.49. The Morgan fingerprint density at radius 1 is 0.650 bits per heavy atom. The Labute approximate surface area is 129 Å². The van der Waals surface area contributed by atoms with Crippen molar-refractivity contribution >= 4 is 0 Å². The van der Waals surface area contributed by atoms with Gasteiger partial charge < -0.3 is 0 Å². The Balaban J connectivity index is 2.69. The SMILES string of the molecule is CCC(C)C1(C(C)C)CCCCCCCCCCCC1. The molecule has 120 valence electrons. The average molecular weight is 281 g/mol. The largest absolute Gasteiger partial charge is 0.0651 e. The molecule has 0 heteroatoms. The lowest BCUT2D eigenvalue weighted by Gasteiger charge is -2.43. The van der Waals surface area contributed by atoms with E-state index in [2.05, 4.69) is 27.7 Å². The third kappa shape index (κ3) is 5.41. The second-order valence-electron chi connectivity index (χ2n) is 7.73. The maximum atomic E-state index is 2.53. The van der Waals surface area contributed by atoms with Crippen LogP contribution in [0.3, 0.4) is 0 Å². The van der Waals surface area contributed by atoms with Crippen molar-refractivity contribution in [2.24, 2.45) is 17.3 Å². The first kappa shape index (κ1) is 18.1. The molecule has 0 bridgehead atoms. The van der Waals surface area contributed by atoms with Crippen molar-refractivity contribution in [1.29, 1.82) is 0 Å². The molecule has 0 aromatic carbocycles. The minimum Gasteiger partial charge on any atom is -0.0651 e. The van der Waals surface area contributed by atoms with Crippen molar-refractivity contribution in [2.45, 2.75) is 111 Å². The van der Waals surface area contributed by atoms with Crippen LogP contribution >= 0.6 is 0 Å². The summed E-state index contributed by atoms with van der Waals surface area (Å²) >= 11 is 0. The van der Waals surface area contributed by atoms with Crippen LogP contribution in [0.5, 0.6) is 0 Å². The lowest BCUT2D eigenvalue weighted by atomic mass is 9.62. The summed E-state index contributed by atoms with van der Waals surface area (Å²) in [5.41, 5.74) is 0.628. The summed E-state index contributed by atoms with van der Waals surface area (Å²) in [5.74, 6) is 1.75. The molecule has 0 N–H and O–H groups in total. The molecule has 0 amide bonds. The van der Waals surface area contributed by atoms with E-state index in [-0.39, 0.29) is 0 Å². The molecule has 1 aliphatic rings. The van der Waals surface area contributed by atoms with Crippen LogP contribution in [0.15, 0.2) is 0 Å². The van der Waals surface area contributed by atoms with Gasteiger partial charge in [-0.3, -0.25) is 0 Å². The van der Waals surface area contributed by atoms with Crippen LogP contribution in [0.25, 0.3) is 0 Å². The molecule has 1 saturated carbocycles. The van der Waals surface area contributed by atoms with Gasteiger partial charge in [0.1, 0.15) is 0 Å². The van der Waals surface area contributed by atoms with Gasteiger partial charge in [-0.2, -0.15) is 0 Å². The first-order valence-corrected chi connectivity index (χ1v) is 9.63. The summed E-state index contributed by atoms with van der Waals surface area (Å²) < 4.78 is 0. The molecule has 0 aliphatic heterocycles. The molecule has 1 fully saturated rings. The van der Waals surface area contributed by atoms with Gasteiger partial charge in [0.05, 0.1) is 0 Å². The fourth-order valence-electron chi connectivity index (χ4n) is 4.49. The quantitative estimate of drug-likeness (QED) is 0.506. The van der Waals surface area contributed by atoms with Crippen molar-refractivity contribution in [3.8, 4) is 0 Å². The fraction of sp³-hybridized carbons (Fsp3) is 1.00. The Morgan fingerprint density at radius 3 is 1.30 bits per heavy atom. The van der Waals surface area contributed by atoms with Crippen molar-refractivity contribution in [3.63, 3.8) is 0 Å². The van der Waals surface area contributed by atoms with Crippen molar-refractivity contribution in [3.05, 3.63) is 0 Å². The van der Waals surface area contributed by atoms with Gasteiger partial charge in [0.15, 0.2) is 0 Å². The standard InChI is InChI=1S/C20H40/c1-5-19(4)20(18(2)3)16-14-12-10-8-6-7-9-11-13-15-17-20/h18-19H,5-17H2,1-4H3. The Kier molecular flexibility index (Phi) is 8.89. The van der Waals surface area contributed by atoms with E-state index in [0.29, 0.717) is 5.41 Å². The van der Waals surface area contributed by atoms with Gasteiger partial charge in [-0.1, -0.05) is 98.3 Å². The van der Waals surface area contributed by atoms with Crippen LogP contribution in [0.2, 0.25) is 0 Å². The zero-order valence-electron chi connectivity index (χ0n) is 14.8. The normalized spacial score (nSPS) is 24.4. The lowest BCUT2D eigenvalue weighted by Crippen LogP contribution is -2.34. The van der Waals surface area contributed by atoms with E-state index >= 15 is 0 Å². The van der Waals surface area contributed by atoms with E-state index in [9.17, 15) is 0 Å². The van der Waals surface area contributed by atoms with E-state index in [0.717, 1.165) is 11.8 Å². The van der Waals surface area contributed by atoms with Crippen LogP contribution in [0.4, 0.5) is 0 Å². The molecule has 20 heavy (non-hydrogen) atoms. The maximum absolute atomic E-state index is 2.53. The maximum Gasteiger partial charge on any atom is -0.0249 e. The number of hydrogen-bond donors (Lipinski definition) is 0. The molecule has 1 aliphatic carbocycles. The summed E-state index contributed by atoms with van der Waals surface area (Å²) in [6, 6.07) is 0.